The number of hydrogen-bond donors (Lipinski definition) is 3. The van der Waals surface area contributed by atoms with Gasteiger partial charge in [-0.05, 0) is 64.4 Å². The highest BCUT2D eigenvalue weighted by Gasteiger charge is 2.28. The summed E-state index contributed by atoms with van der Waals surface area (Å²) in [6, 6.07) is 23.8. The Hall–Kier alpha value is -5.90. The van der Waals surface area contributed by atoms with Crippen LogP contribution in [0.1, 0.15) is 86.8 Å². The van der Waals surface area contributed by atoms with Crippen molar-refractivity contribution in [1.82, 2.24) is 25.6 Å². The summed E-state index contributed by atoms with van der Waals surface area (Å²) in [6.45, 7) is 9.19. The Morgan fingerprint density at radius 3 is 1.98 bits per heavy atom. The number of aliphatic carboxylic acids is 1. The van der Waals surface area contributed by atoms with E-state index in [4.69, 9.17) is 4.74 Å². The lowest BCUT2D eigenvalue weighted by Crippen LogP contribution is -2.53. The smallest absolute Gasteiger partial charge is 0.326 e. The number of nitrogens with zero attached hydrogens (tertiary/aromatic N) is 3. The number of benzene rings is 3. The Morgan fingerprint density at radius 1 is 0.709 bits per heavy atom. The van der Waals surface area contributed by atoms with Gasteiger partial charge in [0, 0.05) is 54.3 Å². The number of rotatable bonds is 18. The first-order valence-electron chi connectivity index (χ1n) is 19.0. The second kappa shape index (κ2) is 19.4. The summed E-state index contributed by atoms with van der Waals surface area (Å²) in [7, 11) is 0. The third kappa shape index (κ3) is 12.1. The number of aromatic nitrogens is 3. The van der Waals surface area contributed by atoms with Gasteiger partial charge < -0.3 is 20.5 Å². The lowest BCUT2D eigenvalue weighted by atomic mass is 9.86. The maximum absolute atomic E-state index is 13.7. The lowest BCUT2D eigenvalue weighted by molar-refractivity contribution is -0.142. The molecular weight excluding hydrogens is 691 g/mol. The Labute approximate surface area is 323 Å². The zero-order chi connectivity index (χ0) is 39.2. The molecule has 286 valence electrons. The number of carbonyl (C=O) groups excluding carboxylic acids is 2. The minimum atomic E-state index is -1.22. The van der Waals surface area contributed by atoms with Crippen LogP contribution in [-0.4, -0.2) is 56.5 Å². The normalized spacial score (nSPS) is 12.4. The number of carboxylic acids is 1. The molecule has 0 spiro atoms. The molecule has 0 saturated heterocycles. The van der Waals surface area contributed by atoms with Crippen LogP contribution < -0.4 is 15.4 Å². The summed E-state index contributed by atoms with van der Waals surface area (Å²) >= 11 is 0. The van der Waals surface area contributed by atoms with Crippen LogP contribution in [0.5, 0.6) is 5.75 Å². The molecule has 55 heavy (non-hydrogen) atoms. The van der Waals surface area contributed by atoms with Crippen molar-refractivity contribution in [2.75, 3.05) is 6.61 Å². The van der Waals surface area contributed by atoms with E-state index < -0.39 is 29.9 Å². The highest BCUT2D eigenvalue weighted by atomic mass is 16.5. The average Bonchev–Trinajstić information content (AvgIpc) is 3.19. The Balaban J connectivity index is 1.26. The lowest BCUT2D eigenvalue weighted by Gasteiger charge is -2.22. The van der Waals surface area contributed by atoms with Crippen molar-refractivity contribution in [3.05, 3.63) is 132 Å². The predicted molar refractivity (Wildman–Crippen MR) is 215 cm³/mol. The molecule has 10 heteroatoms. The molecule has 5 rings (SSSR count). The average molecular weight is 742 g/mol. The molecule has 2 heterocycles. The van der Waals surface area contributed by atoms with Gasteiger partial charge in [-0.2, -0.15) is 0 Å². The SMILES string of the molecule is CCCCCCCOc1ccc(-c2cnc(-c3ccc(C[C@H](NC(=O)c4ccc(C(C)(C)C)cc4)C(=O)NC(Cc4cccnc4)C(=O)O)cc3)nc2)cc1. The Morgan fingerprint density at radius 2 is 1.36 bits per heavy atom. The molecule has 0 aliphatic carbocycles. The van der Waals surface area contributed by atoms with Crippen molar-refractivity contribution in [3.8, 4) is 28.3 Å². The first-order chi connectivity index (χ1) is 26.5. The standard InChI is InChI=1S/C45H51N5O5/c1-5-6-7-8-9-25-55-38-22-18-33(19-23-38)36-29-47-41(48-30-36)34-14-12-31(13-15-34)26-39(49-42(51)35-16-20-37(21-17-35)45(2,3)4)43(52)50-40(44(53)54)27-32-11-10-24-46-28-32/h10-24,28-30,39-40H,5-9,25-27H2,1-4H3,(H,49,51)(H,50,52)(H,53,54)/t39-,40?/m0/s1. The predicted octanol–water partition coefficient (Wildman–Crippen LogP) is 8.01. The molecule has 2 amide bonds. The van der Waals surface area contributed by atoms with Crippen LogP contribution in [0.15, 0.2) is 110 Å². The van der Waals surface area contributed by atoms with Crippen molar-refractivity contribution in [2.24, 2.45) is 0 Å². The third-order valence-corrected chi connectivity index (χ3v) is 9.42. The molecule has 0 aliphatic heterocycles. The fourth-order valence-corrected chi connectivity index (χ4v) is 6.09. The second-order valence-electron chi connectivity index (χ2n) is 14.8. The highest BCUT2D eigenvalue weighted by Crippen LogP contribution is 2.25. The molecule has 0 saturated carbocycles. The molecule has 2 aromatic heterocycles. The molecule has 0 bridgehead atoms. The minimum absolute atomic E-state index is 0.0380. The summed E-state index contributed by atoms with van der Waals surface area (Å²) in [5.41, 5.74) is 5.43. The van der Waals surface area contributed by atoms with Crippen LogP contribution in [0.25, 0.3) is 22.5 Å². The molecule has 5 aromatic rings. The van der Waals surface area contributed by atoms with Gasteiger partial charge in [-0.15, -0.1) is 0 Å². The van der Waals surface area contributed by atoms with Crippen molar-refractivity contribution in [3.63, 3.8) is 0 Å². The van der Waals surface area contributed by atoms with E-state index >= 15 is 0 Å². The van der Waals surface area contributed by atoms with Gasteiger partial charge in [0.15, 0.2) is 5.82 Å². The molecule has 2 atom stereocenters. The quantitative estimate of drug-likeness (QED) is 0.0767. The van der Waals surface area contributed by atoms with Gasteiger partial charge in [0.05, 0.1) is 6.61 Å². The van der Waals surface area contributed by atoms with Crippen LogP contribution in [-0.2, 0) is 27.8 Å². The summed E-state index contributed by atoms with van der Waals surface area (Å²) in [6.07, 6.45) is 12.9. The highest BCUT2D eigenvalue weighted by molar-refractivity contribution is 5.98. The van der Waals surface area contributed by atoms with E-state index in [1.54, 1.807) is 49.1 Å². The number of ether oxygens (including phenoxy) is 1. The molecular formula is C45H51N5O5. The monoisotopic (exact) mass is 741 g/mol. The van der Waals surface area contributed by atoms with Crippen LogP contribution >= 0.6 is 0 Å². The molecule has 3 N–H and O–H groups in total. The first-order valence-corrected chi connectivity index (χ1v) is 19.0. The molecule has 0 aliphatic rings. The van der Waals surface area contributed by atoms with Gasteiger partial charge in [-0.1, -0.05) is 108 Å². The third-order valence-electron chi connectivity index (χ3n) is 9.42. The maximum Gasteiger partial charge on any atom is 0.326 e. The summed E-state index contributed by atoms with van der Waals surface area (Å²) in [4.78, 5) is 52.6. The largest absolute Gasteiger partial charge is 0.494 e. The van der Waals surface area contributed by atoms with Gasteiger partial charge >= 0.3 is 5.97 Å². The number of pyridine rings is 1. The Kier molecular flexibility index (Phi) is 14.2. The van der Waals surface area contributed by atoms with E-state index in [2.05, 4.69) is 53.3 Å². The van der Waals surface area contributed by atoms with Crippen LogP contribution in [0.4, 0.5) is 0 Å². The fourth-order valence-electron chi connectivity index (χ4n) is 6.09. The number of unbranched alkanes of at least 4 members (excludes halogenated alkanes) is 4. The molecule has 3 aromatic carbocycles. The fraction of sp³-hybridized carbons (Fsp3) is 0.333. The molecule has 0 radical (unpaired) electrons. The zero-order valence-corrected chi connectivity index (χ0v) is 32.1. The van der Waals surface area contributed by atoms with Crippen molar-refractivity contribution < 1.29 is 24.2 Å². The van der Waals surface area contributed by atoms with E-state index in [9.17, 15) is 19.5 Å². The maximum atomic E-state index is 13.7. The van der Waals surface area contributed by atoms with E-state index in [1.165, 1.54) is 25.7 Å². The van der Waals surface area contributed by atoms with E-state index in [0.29, 0.717) is 23.6 Å². The molecule has 10 nitrogen and oxygen atoms in total. The number of hydrogen-bond acceptors (Lipinski definition) is 7. The van der Waals surface area contributed by atoms with Crippen LogP contribution in [0, 0.1) is 0 Å². The van der Waals surface area contributed by atoms with Crippen molar-refractivity contribution in [2.45, 2.75) is 90.1 Å². The summed E-state index contributed by atoms with van der Waals surface area (Å²) < 4.78 is 5.90. The molecule has 0 fully saturated rings. The van der Waals surface area contributed by atoms with E-state index in [-0.39, 0.29) is 18.3 Å². The number of carbonyl (C=O) groups is 3. The van der Waals surface area contributed by atoms with Crippen LogP contribution in [0.2, 0.25) is 0 Å². The second-order valence-corrected chi connectivity index (χ2v) is 14.8. The van der Waals surface area contributed by atoms with Crippen LogP contribution in [0.3, 0.4) is 0 Å². The Bertz CT molecular complexity index is 1980. The number of amides is 2. The van der Waals surface area contributed by atoms with Crippen molar-refractivity contribution in [1.29, 1.82) is 0 Å². The number of nitrogens with one attached hydrogen (secondary N) is 2. The minimum Gasteiger partial charge on any atom is -0.494 e. The topological polar surface area (TPSA) is 143 Å². The summed E-state index contributed by atoms with van der Waals surface area (Å²) in [5.74, 6) is -0.854. The molecule has 1 unspecified atom stereocenters. The van der Waals surface area contributed by atoms with Gasteiger partial charge in [0.25, 0.3) is 5.91 Å². The van der Waals surface area contributed by atoms with E-state index in [1.807, 2.05) is 60.7 Å². The summed E-state index contributed by atoms with van der Waals surface area (Å²) in [5, 5.41) is 15.4. The van der Waals surface area contributed by atoms with Crippen molar-refractivity contribution >= 4 is 17.8 Å². The first kappa shape index (κ1) is 40.3. The zero-order valence-electron chi connectivity index (χ0n) is 32.1. The van der Waals surface area contributed by atoms with E-state index in [0.717, 1.165) is 40.0 Å². The number of carboxylic acid groups (broad SMARTS) is 1. The van der Waals surface area contributed by atoms with Gasteiger partial charge in [0.2, 0.25) is 5.91 Å². The van der Waals surface area contributed by atoms with Gasteiger partial charge in [0.1, 0.15) is 17.8 Å². The van der Waals surface area contributed by atoms with Gasteiger partial charge in [-0.3, -0.25) is 14.6 Å². The van der Waals surface area contributed by atoms with Gasteiger partial charge in [-0.25, -0.2) is 14.8 Å².